The Kier molecular flexibility index (Phi) is 4.43. The number of H-pyrrole nitrogens is 1. The lowest BCUT2D eigenvalue weighted by atomic mass is 10.0. The van der Waals surface area contributed by atoms with Crippen LogP contribution in [-0.4, -0.2) is 46.0 Å². The van der Waals surface area contributed by atoms with Crippen molar-refractivity contribution >= 4 is 11.9 Å². The molecule has 0 unspecified atom stereocenters. The van der Waals surface area contributed by atoms with Gasteiger partial charge in [0.2, 0.25) is 5.95 Å². The maximum Gasteiger partial charge on any atom is 0.263 e. The zero-order valence-corrected chi connectivity index (χ0v) is 15.7. The number of pyridine rings is 1. The van der Waals surface area contributed by atoms with E-state index < -0.39 is 0 Å². The summed E-state index contributed by atoms with van der Waals surface area (Å²) in [5, 5.41) is 0. The van der Waals surface area contributed by atoms with Gasteiger partial charge < -0.3 is 14.4 Å². The Bertz CT molecular complexity index is 1000. The van der Waals surface area contributed by atoms with Crippen LogP contribution in [-0.2, 0) is 20.0 Å². The molecule has 1 aliphatic heterocycles. The third-order valence-corrected chi connectivity index (χ3v) is 4.85. The van der Waals surface area contributed by atoms with E-state index in [4.69, 9.17) is 0 Å². The third kappa shape index (κ3) is 2.91. The Morgan fingerprint density at radius 3 is 2.62 bits per heavy atom. The van der Waals surface area contributed by atoms with Gasteiger partial charge in [-0.25, -0.2) is 4.98 Å². The van der Waals surface area contributed by atoms with E-state index in [0.29, 0.717) is 35.7 Å². The van der Waals surface area contributed by atoms with Gasteiger partial charge in [0, 0.05) is 38.9 Å². The van der Waals surface area contributed by atoms with E-state index in [9.17, 15) is 14.4 Å². The lowest BCUT2D eigenvalue weighted by Gasteiger charge is -2.28. The van der Waals surface area contributed by atoms with Gasteiger partial charge in [-0.3, -0.25) is 19.4 Å². The monoisotopic (exact) mass is 357 g/mol. The summed E-state index contributed by atoms with van der Waals surface area (Å²) in [6, 6.07) is 1.83. The number of aryl methyl sites for hydroxylation is 2. The fourth-order valence-corrected chi connectivity index (χ4v) is 3.21. The maximum atomic E-state index is 13.0. The first-order valence-electron chi connectivity index (χ1n) is 8.46. The molecule has 8 heteroatoms. The van der Waals surface area contributed by atoms with Gasteiger partial charge in [-0.2, -0.15) is 0 Å². The summed E-state index contributed by atoms with van der Waals surface area (Å²) in [6.45, 7) is 4.20. The third-order valence-electron chi connectivity index (χ3n) is 4.85. The summed E-state index contributed by atoms with van der Waals surface area (Å²) < 4.78 is 1.48. The van der Waals surface area contributed by atoms with Crippen LogP contribution in [0, 0.1) is 13.8 Å². The van der Waals surface area contributed by atoms with Crippen LogP contribution in [0.25, 0.3) is 0 Å². The smallest absolute Gasteiger partial charge is 0.263 e. The molecule has 138 valence electrons. The SMILES string of the molecule is Cc1cc(C)n(C)c(=O)c1C(=O)N1CCc2c(nc(N(C)C)[nH]c2=O)C1. The van der Waals surface area contributed by atoms with Crippen molar-refractivity contribution in [1.82, 2.24) is 19.4 Å². The molecule has 0 fully saturated rings. The number of amides is 1. The van der Waals surface area contributed by atoms with E-state index in [1.165, 1.54) is 4.57 Å². The van der Waals surface area contributed by atoms with Crippen molar-refractivity contribution in [3.63, 3.8) is 0 Å². The van der Waals surface area contributed by atoms with Crippen molar-refractivity contribution in [2.75, 3.05) is 25.5 Å². The average molecular weight is 357 g/mol. The molecular weight excluding hydrogens is 334 g/mol. The van der Waals surface area contributed by atoms with Crippen molar-refractivity contribution in [2.24, 2.45) is 7.05 Å². The summed E-state index contributed by atoms with van der Waals surface area (Å²) in [6.07, 6.45) is 0.419. The fraction of sp³-hybridized carbons (Fsp3) is 0.444. The molecule has 1 aliphatic rings. The van der Waals surface area contributed by atoms with Crippen LogP contribution >= 0.6 is 0 Å². The highest BCUT2D eigenvalue weighted by Gasteiger charge is 2.28. The highest BCUT2D eigenvalue weighted by atomic mass is 16.2. The van der Waals surface area contributed by atoms with Gasteiger partial charge >= 0.3 is 0 Å². The Hall–Kier alpha value is -2.90. The standard InChI is InChI=1S/C18H23N5O3/c1-10-8-11(2)22(5)16(25)14(10)17(26)23-7-6-12-13(9-23)19-18(21(3)4)20-15(12)24/h8H,6-7,9H2,1-5H3,(H,19,20,24). The Balaban J connectivity index is 1.99. The van der Waals surface area contributed by atoms with Crippen molar-refractivity contribution in [1.29, 1.82) is 0 Å². The van der Waals surface area contributed by atoms with Crippen molar-refractivity contribution < 1.29 is 4.79 Å². The van der Waals surface area contributed by atoms with E-state index >= 15 is 0 Å². The van der Waals surface area contributed by atoms with Crippen molar-refractivity contribution in [3.05, 3.63) is 54.9 Å². The number of nitrogens with one attached hydrogen (secondary N) is 1. The highest BCUT2D eigenvalue weighted by molar-refractivity contribution is 5.95. The van der Waals surface area contributed by atoms with Gasteiger partial charge in [-0.05, 0) is 31.9 Å². The molecule has 1 amide bonds. The number of aromatic nitrogens is 3. The zero-order valence-electron chi connectivity index (χ0n) is 15.7. The number of rotatable bonds is 2. The topological polar surface area (TPSA) is 91.3 Å². The van der Waals surface area contributed by atoms with Crippen LogP contribution < -0.4 is 16.0 Å². The van der Waals surface area contributed by atoms with Gasteiger partial charge in [0.1, 0.15) is 5.56 Å². The summed E-state index contributed by atoms with van der Waals surface area (Å²) in [5.74, 6) is 0.132. The van der Waals surface area contributed by atoms with Crippen LogP contribution in [0.5, 0.6) is 0 Å². The molecule has 1 N–H and O–H groups in total. The molecule has 0 saturated heterocycles. The molecule has 0 bridgehead atoms. The first kappa shape index (κ1) is 17.9. The van der Waals surface area contributed by atoms with E-state index in [2.05, 4.69) is 9.97 Å². The molecule has 0 radical (unpaired) electrons. The lowest BCUT2D eigenvalue weighted by Crippen LogP contribution is -2.42. The van der Waals surface area contributed by atoms with Gasteiger partial charge in [0.05, 0.1) is 12.2 Å². The predicted molar refractivity (Wildman–Crippen MR) is 98.8 cm³/mol. The number of carbonyl (C=O) groups excluding carboxylic acids is 1. The second-order valence-corrected chi connectivity index (χ2v) is 6.89. The quantitative estimate of drug-likeness (QED) is 0.837. The van der Waals surface area contributed by atoms with Gasteiger partial charge in [0.15, 0.2) is 0 Å². The molecule has 26 heavy (non-hydrogen) atoms. The number of fused-ring (bicyclic) bond motifs is 1. The second-order valence-electron chi connectivity index (χ2n) is 6.89. The van der Waals surface area contributed by atoms with Gasteiger partial charge in [-0.15, -0.1) is 0 Å². The molecule has 0 aromatic carbocycles. The molecule has 2 aromatic heterocycles. The van der Waals surface area contributed by atoms with E-state index in [0.717, 1.165) is 5.69 Å². The molecule has 0 saturated carbocycles. The fourth-order valence-electron chi connectivity index (χ4n) is 3.21. The van der Waals surface area contributed by atoms with E-state index in [1.54, 1.807) is 37.9 Å². The minimum atomic E-state index is -0.317. The largest absolute Gasteiger partial charge is 0.348 e. The summed E-state index contributed by atoms with van der Waals surface area (Å²) in [5.41, 5.74) is 2.36. The summed E-state index contributed by atoms with van der Waals surface area (Å²) in [7, 11) is 5.23. The lowest BCUT2D eigenvalue weighted by molar-refractivity contribution is 0.0728. The molecule has 3 rings (SSSR count). The number of aromatic amines is 1. The summed E-state index contributed by atoms with van der Waals surface area (Å²) >= 11 is 0. The Morgan fingerprint density at radius 1 is 1.27 bits per heavy atom. The number of carbonyl (C=O) groups is 1. The van der Waals surface area contributed by atoms with Crippen LogP contribution in [0.1, 0.15) is 32.9 Å². The zero-order chi connectivity index (χ0) is 19.2. The first-order valence-corrected chi connectivity index (χ1v) is 8.46. The Morgan fingerprint density at radius 2 is 1.96 bits per heavy atom. The molecule has 0 atom stereocenters. The Labute approximate surface area is 151 Å². The molecular formula is C18H23N5O3. The molecule has 0 spiro atoms. The second kappa shape index (κ2) is 6.44. The minimum absolute atomic E-state index is 0.173. The van der Waals surface area contributed by atoms with Crippen molar-refractivity contribution in [3.8, 4) is 0 Å². The molecule has 2 aromatic rings. The average Bonchev–Trinajstić information content (AvgIpc) is 2.59. The predicted octanol–water partition coefficient (Wildman–Crippen LogP) is 0.350. The summed E-state index contributed by atoms with van der Waals surface area (Å²) in [4.78, 5) is 48.3. The van der Waals surface area contributed by atoms with Crippen LogP contribution in [0.2, 0.25) is 0 Å². The maximum absolute atomic E-state index is 13.0. The van der Waals surface area contributed by atoms with Gasteiger partial charge in [0.25, 0.3) is 17.0 Å². The van der Waals surface area contributed by atoms with E-state index in [1.807, 2.05) is 13.0 Å². The van der Waals surface area contributed by atoms with Gasteiger partial charge in [-0.1, -0.05) is 0 Å². The molecule has 0 aliphatic carbocycles. The van der Waals surface area contributed by atoms with Crippen molar-refractivity contribution in [2.45, 2.75) is 26.8 Å². The number of nitrogens with zero attached hydrogens (tertiary/aromatic N) is 4. The van der Waals surface area contributed by atoms with Crippen LogP contribution in [0.4, 0.5) is 5.95 Å². The van der Waals surface area contributed by atoms with E-state index in [-0.39, 0.29) is 29.1 Å². The minimum Gasteiger partial charge on any atom is -0.348 e. The van der Waals surface area contributed by atoms with Crippen LogP contribution in [0.3, 0.4) is 0 Å². The molecule has 3 heterocycles. The first-order chi connectivity index (χ1) is 12.2. The highest BCUT2D eigenvalue weighted by Crippen LogP contribution is 2.18. The number of hydrogen-bond donors (Lipinski definition) is 1. The molecule has 8 nitrogen and oxygen atoms in total. The van der Waals surface area contributed by atoms with Crippen LogP contribution in [0.15, 0.2) is 15.7 Å². The number of anilines is 1. The normalized spacial score (nSPS) is 13.5. The number of hydrogen-bond acceptors (Lipinski definition) is 5.